The van der Waals surface area contributed by atoms with Crippen molar-refractivity contribution in [2.24, 2.45) is 0 Å². The summed E-state index contributed by atoms with van der Waals surface area (Å²) in [6.45, 7) is 1.66. The van der Waals surface area contributed by atoms with Crippen LogP contribution in [0.2, 0.25) is 0 Å². The van der Waals surface area contributed by atoms with Crippen LogP contribution in [0, 0.1) is 0 Å². The summed E-state index contributed by atoms with van der Waals surface area (Å²) in [7, 11) is 0. The van der Waals surface area contributed by atoms with Crippen LogP contribution in [0.4, 0.5) is 4.39 Å². The summed E-state index contributed by atoms with van der Waals surface area (Å²) >= 11 is 0. The Morgan fingerprint density at radius 3 is 2.54 bits per heavy atom. The quantitative estimate of drug-likeness (QED) is 0.750. The molecule has 3 aromatic rings. The predicted octanol–water partition coefficient (Wildman–Crippen LogP) is 3.41. The molecule has 8 heteroatoms. The van der Waals surface area contributed by atoms with Crippen LogP contribution in [-0.2, 0) is 0 Å². The zero-order valence-corrected chi connectivity index (χ0v) is 15.8. The standard InChI is InChI=1S/C20H23FN6O/c1-20(21)7-5-12(6-8-20)27-18-15(11-24-27)19(28)26-17(25-18)14-4-3-13(14)16-22-9-2-10-23-16/h2,9-14H,3-8H2,1H3,(H,25,26,28)/t12?,13-,14-,20?/m0/s1. The molecule has 3 aromatic heterocycles. The molecule has 2 saturated carbocycles. The maximum atomic E-state index is 14.2. The number of hydrogen-bond acceptors (Lipinski definition) is 5. The number of hydrogen-bond donors (Lipinski definition) is 1. The van der Waals surface area contributed by atoms with Crippen LogP contribution in [0.3, 0.4) is 0 Å². The van der Waals surface area contributed by atoms with Crippen molar-refractivity contribution >= 4 is 11.0 Å². The first kappa shape index (κ1) is 17.5. The summed E-state index contributed by atoms with van der Waals surface area (Å²) in [4.78, 5) is 29.1. The first-order chi connectivity index (χ1) is 13.5. The lowest BCUT2D eigenvalue weighted by atomic mass is 9.72. The van der Waals surface area contributed by atoms with E-state index in [1.54, 1.807) is 31.6 Å². The molecule has 2 aliphatic rings. The minimum Gasteiger partial charge on any atom is -0.310 e. The predicted molar refractivity (Wildman–Crippen MR) is 102 cm³/mol. The lowest BCUT2D eigenvalue weighted by molar-refractivity contribution is 0.103. The van der Waals surface area contributed by atoms with Gasteiger partial charge in [-0.15, -0.1) is 0 Å². The Balaban J connectivity index is 1.49. The molecule has 28 heavy (non-hydrogen) atoms. The van der Waals surface area contributed by atoms with Crippen molar-refractivity contribution < 1.29 is 4.39 Å². The van der Waals surface area contributed by atoms with Crippen molar-refractivity contribution in [2.45, 2.75) is 69.0 Å². The van der Waals surface area contributed by atoms with E-state index in [2.05, 4.69) is 20.1 Å². The molecule has 0 aromatic carbocycles. The molecule has 146 valence electrons. The van der Waals surface area contributed by atoms with Gasteiger partial charge in [0, 0.05) is 24.2 Å². The van der Waals surface area contributed by atoms with Gasteiger partial charge in [0.1, 0.15) is 22.7 Å². The molecular formula is C20H23FN6O. The number of H-pyrrole nitrogens is 1. The zero-order valence-electron chi connectivity index (χ0n) is 15.8. The molecule has 0 saturated heterocycles. The van der Waals surface area contributed by atoms with Crippen LogP contribution in [-0.4, -0.2) is 35.4 Å². The topological polar surface area (TPSA) is 89.4 Å². The highest BCUT2D eigenvalue weighted by molar-refractivity contribution is 5.73. The van der Waals surface area contributed by atoms with Crippen LogP contribution >= 0.6 is 0 Å². The Bertz CT molecular complexity index is 1050. The molecule has 0 amide bonds. The molecule has 0 unspecified atom stereocenters. The molecule has 5 rings (SSSR count). The molecule has 1 N–H and O–H groups in total. The van der Waals surface area contributed by atoms with Crippen LogP contribution in [0.1, 0.15) is 75.0 Å². The summed E-state index contributed by atoms with van der Waals surface area (Å²) in [6.07, 6.45) is 9.41. The van der Waals surface area contributed by atoms with Gasteiger partial charge in [0.25, 0.3) is 5.56 Å². The molecule has 0 aliphatic heterocycles. The minimum atomic E-state index is -1.11. The van der Waals surface area contributed by atoms with Gasteiger partial charge in [0.05, 0.1) is 12.2 Å². The van der Waals surface area contributed by atoms with Gasteiger partial charge in [-0.3, -0.25) is 4.79 Å². The molecule has 2 fully saturated rings. The summed E-state index contributed by atoms with van der Waals surface area (Å²) in [5, 5.41) is 4.93. The van der Waals surface area contributed by atoms with E-state index >= 15 is 0 Å². The van der Waals surface area contributed by atoms with E-state index in [1.807, 2.05) is 4.68 Å². The van der Waals surface area contributed by atoms with Gasteiger partial charge in [0.15, 0.2) is 5.65 Å². The maximum Gasteiger partial charge on any atom is 0.262 e. The first-order valence-corrected chi connectivity index (χ1v) is 9.95. The monoisotopic (exact) mass is 382 g/mol. The van der Waals surface area contributed by atoms with Crippen molar-refractivity contribution in [3.63, 3.8) is 0 Å². The smallest absolute Gasteiger partial charge is 0.262 e. The van der Waals surface area contributed by atoms with E-state index in [0.717, 1.165) is 18.7 Å². The van der Waals surface area contributed by atoms with E-state index in [1.165, 1.54) is 0 Å². The van der Waals surface area contributed by atoms with E-state index in [4.69, 9.17) is 4.98 Å². The number of nitrogens with one attached hydrogen (secondary N) is 1. The third-order valence-corrected chi connectivity index (χ3v) is 6.37. The zero-order chi connectivity index (χ0) is 19.3. The molecule has 3 heterocycles. The van der Waals surface area contributed by atoms with Gasteiger partial charge in [-0.1, -0.05) is 0 Å². The highest BCUT2D eigenvalue weighted by Crippen LogP contribution is 2.46. The lowest BCUT2D eigenvalue weighted by Gasteiger charge is -2.34. The van der Waals surface area contributed by atoms with Crippen molar-refractivity contribution in [2.75, 3.05) is 0 Å². The molecule has 2 atom stereocenters. The number of halogens is 1. The highest BCUT2D eigenvalue weighted by Gasteiger charge is 2.38. The van der Waals surface area contributed by atoms with Crippen molar-refractivity contribution in [1.29, 1.82) is 0 Å². The average molecular weight is 382 g/mol. The molecule has 0 bridgehead atoms. The van der Waals surface area contributed by atoms with Crippen molar-refractivity contribution in [3.8, 4) is 0 Å². The Morgan fingerprint density at radius 1 is 1.14 bits per heavy atom. The summed E-state index contributed by atoms with van der Waals surface area (Å²) in [5.74, 6) is 1.74. The van der Waals surface area contributed by atoms with Gasteiger partial charge < -0.3 is 4.98 Å². The van der Waals surface area contributed by atoms with Crippen molar-refractivity contribution in [3.05, 3.63) is 46.7 Å². The molecule has 2 aliphatic carbocycles. The number of nitrogens with zero attached hydrogens (tertiary/aromatic N) is 5. The summed E-state index contributed by atoms with van der Waals surface area (Å²) in [5.41, 5.74) is -0.674. The summed E-state index contributed by atoms with van der Waals surface area (Å²) < 4.78 is 16.0. The number of alkyl halides is 1. The van der Waals surface area contributed by atoms with Crippen LogP contribution in [0.15, 0.2) is 29.5 Å². The van der Waals surface area contributed by atoms with Gasteiger partial charge in [0.2, 0.25) is 0 Å². The van der Waals surface area contributed by atoms with Crippen LogP contribution in [0.5, 0.6) is 0 Å². The Kier molecular flexibility index (Phi) is 4.03. The van der Waals surface area contributed by atoms with Crippen molar-refractivity contribution in [1.82, 2.24) is 29.7 Å². The maximum absolute atomic E-state index is 14.2. The Hall–Kier alpha value is -2.64. The third kappa shape index (κ3) is 2.91. The number of rotatable bonds is 3. The second-order valence-corrected chi connectivity index (χ2v) is 8.32. The largest absolute Gasteiger partial charge is 0.310 e. The number of aromatic nitrogens is 6. The fraction of sp³-hybridized carbons (Fsp3) is 0.550. The van der Waals surface area contributed by atoms with E-state index in [9.17, 15) is 9.18 Å². The lowest BCUT2D eigenvalue weighted by Crippen LogP contribution is -2.29. The van der Waals surface area contributed by atoms with Gasteiger partial charge in [-0.2, -0.15) is 5.10 Å². The number of aromatic amines is 1. The van der Waals surface area contributed by atoms with E-state index in [0.29, 0.717) is 42.5 Å². The minimum absolute atomic E-state index is 0.0816. The highest BCUT2D eigenvalue weighted by atomic mass is 19.1. The fourth-order valence-electron chi connectivity index (χ4n) is 4.48. The average Bonchev–Trinajstić information content (AvgIpc) is 3.06. The van der Waals surface area contributed by atoms with Crippen LogP contribution < -0.4 is 5.56 Å². The van der Waals surface area contributed by atoms with E-state index < -0.39 is 5.67 Å². The SMILES string of the molecule is CC1(F)CCC(n2ncc3c(=O)[nH]c([C@H]4CC[C@@H]4c4ncccn4)nc32)CC1. The number of fused-ring (bicyclic) bond motifs is 1. The molecule has 0 spiro atoms. The van der Waals surface area contributed by atoms with Gasteiger partial charge in [-0.25, -0.2) is 24.0 Å². The van der Waals surface area contributed by atoms with Gasteiger partial charge in [-0.05, 0) is 51.5 Å². The Morgan fingerprint density at radius 2 is 1.86 bits per heavy atom. The second kappa shape index (κ2) is 6.46. The first-order valence-electron chi connectivity index (χ1n) is 9.95. The van der Waals surface area contributed by atoms with E-state index in [-0.39, 0.29) is 23.4 Å². The van der Waals surface area contributed by atoms with Crippen LogP contribution in [0.25, 0.3) is 11.0 Å². The molecule has 7 nitrogen and oxygen atoms in total. The molecule has 0 radical (unpaired) electrons. The third-order valence-electron chi connectivity index (χ3n) is 6.37. The Labute approximate surface area is 161 Å². The summed E-state index contributed by atoms with van der Waals surface area (Å²) in [6, 6.07) is 1.88. The second-order valence-electron chi connectivity index (χ2n) is 8.32. The fourth-order valence-corrected chi connectivity index (χ4v) is 4.48. The molecular weight excluding hydrogens is 359 g/mol. The van der Waals surface area contributed by atoms with Gasteiger partial charge >= 0.3 is 0 Å². The normalized spacial score (nSPS) is 30.3.